The Hall–Kier alpha value is -1.49. The van der Waals surface area contributed by atoms with Crippen LogP contribution in [0, 0.1) is 0 Å². The van der Waals surface area contributed by atoms with Crippen molar-refractivity contribution in [3.8, 4) is 0 Å². The van der Waals surface area contributed by atoms with Gasteiger partial charge in [0.15, 0.2) is 0 Å². The molecule has 19 heavy (non-hydrogen) atoms. The molecule has 0 aliphatic heterocycles. The number of aromatic carboxylic acids is 1. The highest BCUT2D eigenvalue weighted by Crippen LogP contribution is 2.14. The second kappa shape index (κ2) is 6.61. The molecule has 5 heteroatoms. The SMILES string of the molecule is CCN(CCc1ccc(C(=O)O)cc1)CC(C)(F)F. The van der Waals surface area contributed by atoms with E-state index in [1.807, 2.05) is 6.92 Å². The first kappa shape index (κ1) is 15.6. The number of benzene rings is 1. The molecule has 106 valence electrons. The quantitative estimate of drug-likeness (QED) is 0.829. The molecule has 0 bridgehead atoms. The maximum absolute atomic E-state index is 12.9. The number of alkyl halides is 2. The monoisotopic (exact) mass is 271 g/mol. The average Bonchev–Trinajstić information content (AvgIpc) is 2.33. The van der Waals surface area contributed by atoms with Crippen molar-refractivity contribution in [2.45, 2.75) is 26.2 Å². The lowest BCUT2D eigenvalue weighted by Crippen LogP contribution is -2.36. The summed E-state index contributed by atoms with van der Waals surface area (Å²) in [6.07, 6.45) is 0.629. The Labute approximate surface area is 111 Å². The normalized spacial score (nSPS) is 11.8. The average molecular weight is 271 g/mol. The summed E-state index contributed by atoms with van der Waals surface area (Å²) < 4.78 is 25.8. The van der Waals surface area contributed by atoms with Gasteiger partial charge in [-0.1, -0.05) is 19.1 Å². The molecule has 0 spiro atoms. The topological polar surface area (TPSA) is 40.5 Å². The molecular formula is C14H19F2NO2. The minimum Gasteiger partial charge on any atom is -0.478 e. The first-order chi connectivity index (χ1) is 8.81. The smallest absolute Gasteiger partial charge is 0.335 e. The van der Waals surface area contributed by atoms with Crippen molar-refractivity contribution in [1.82, 2.24) is 4.90 Å². The molecule has 1 rings (SSSR count). The molecule has 0 aliphatic carbocycles. The van der Waals surface area contributed by atoms with Crippen molar-refractivity contribution in [2.75, 3.05) is 19.6 Å². The van der Waals surface area contributed by atoms with Crippen molar-refractivity contribution in [3.63, 3.8) is 0 Å². The molecule has 0 unspecified atom stereocenters. The number of likely N-dealkylation sites (N-methyl/N-ethyl adjacent to an activating group) is 1. The van der Waals surface area contributed by atoms with Crippen molar-refractivity contribution in [2.24, 2.45) is 0 Å². The Balaban J connectivity index is 2.53. The molecule has 1 aromatic rings. The van der Waals surface area contributed by atoms with Crippen LogP contribution < -0.4 is 0 Å². The van der Waals surface area contributed by atoms with E-state index in [1.54, 1.807) is 17.0 Å². The Kier molecular flexibility index (Phi) is 5.42. The molecule has 1 N–H and O–H groups in total. The summed E-state index contributed by atoms with van der Waals surface area (Å²) in [6, 6.07) is 6.51. The molecule has 0 aliphatic rings. The molecule has 0 aromatic heterocycles. The van der Waals surface area contributed by atoms with Crippen LogP contribution in [0.3, 0.4) is 0 Å². The van der Waals surface area contributed by atoms with Gasteiger partial charge in [0.25, 0.3) is 5.92 Å². The highest BCUT2D eigenvalue weighted by Gasteiger charge is 2.24. The highest BCUT2D eigenvalue weighted by atomic mass is 19.3. The molecule has 1 aromatic carbocycles. The first-order valence-electron chi connectivity index (χ1n) is 6.24. The molecule has 0 atom stereocenters. The zero-order valence-electron chi connectivity index (χ0n) is 11.2. The Morgan fingerprint density at radius 2 is 1.89 bits per heavy atom. The molecule has 0 heterocycles. The van der Waals surface area contributed by atoms with E-state index in [1.165, 1.54) is 12.1 Å². The molecule has 0 saturated heterocycles. The van der Waals surface area contributed by atoms with E-state index in [-0.39, 0.29) is 12.1 Å². The molecule has 0 radical (unpaired) electrons. The number of carboxylic acid groups (broad SMARTS) is 1. The molecule has 0 amide bonds. The second-order valence-corrected chi connectivity index (χ2v) is 4.69. The third-order valence-electron chi connectivity index (χ3n) is 2.87. The summed E-state index contributed by atoms with van der Waals surface area (Å²) >= 11 is 0. The Morgan fingerprint density at radius 3 is 2.32 bits per heavy atom. The lowest BCUT2D eigenvalue weighted by molar-refractivity contribution is -0.0129. The van der Waals surface area contributed by atoms with Crippen molar-refractivity contribution >= 4 is 5.97 Å². The van der Waals surface area contributed by atoms with Gasteiger partial charge in [-0.05, 0) is 30.7 Å². The van der Waals surface area contributed by atoms with E-state index >= 15 is 0 Å². The molecule has 0 saturated carbocycles. The van der Waals surface area contributed by atoms with Gasteiger partial charge in [0.2, 0.25) is 0 Å². The largest absolute Gasteiger partial charge is 0.478 e. The zero-order valence-corrected chi connectivity index (χ0v) is 11.2. The molecule has 0 fully saturated rings. The van der Waals surface area contributed by atoms with Gasteiger partial charge in [0.05, 0.1) is 12.1 Å². The lowest BCUT2D eigenvalue weighted by atomic mass is 10.1. The summed E-state index contributed by atoms with van der Waals surface area (Å²) in [5.41, 5.74) is 1.18. The standard InChI is InChI=1S/C14H19F2NO2/c1-3-17(10-14(2,15)16)9-8-11-4-6-12(7-5-11)13(18)19/h4-7H,3,8-10H2,1-2H3,(H,18,19). The van der Waals surface area contributed by atoms with Crippen LogP contribution in [-0.4, -0.2) is 41.5 Å². The lowest BCUT2D eigenvalue weighted by Gasteiger charge is -2.23. The number of nitrogens with zero attached hydrogens (tertiary/aromatic N) is 1. The number of hydrogen-bond acceptors (Lipinski definition) is 2. The van der Waals surface area contributed by atoms with E-state index in [4.69, 9.17) is 5.11 Å². The number of carboxylic acids is 1. The van der Waals surface area contributed by atoms with Crippen LogP contribution in [0.25, 0.3) is 0 Å². The Bertz CT molecular complexity index is 412. The van der Waals surface area contributed by atoms with Gasteiger partial charge in [-0.3, -0.25) is 4.90 Å². The maximum Gasteiger partial charge on any atom is 0.335 e. The van der Waals surface area contributed by atoms with Gasteiger partial charge in [-0.25, -0.2) is 13.6 Å². The van der Waals surface area contributed by atoms with E-state index in [0.29, 0.717) is 19.5 Å². The van der Waals surface area contributed by atoms with Crippen LogP contribution in [0.5, 0.6) is 0 Å². The predicted molar refractivity (Wildman–Crippen MR) is 69.8 cm³/mol. The van der Waals surface area contributed by atoms with Gasteiger partial charge in [0.1, 0.15) is 0 Å². The van der Waals surface area contributed by atoms with Crippen molar-refractivity contribution in [3.05, 3.63) is 35.4 Å². The first-order valence-corrected chi connectivity index (χ1v) is 6.24. The number of halogens is 2. The number of carbonyl (C=O) groups is 1. The van der Waals surface area contributed by atoms with Gasteiger partial charge in [-0.15, -0.1) is 0 Å². The van der Waals surface area contributed by atoms with Crippen LogP contribution in [0.2, 0.25) is 0 Å². The van der Waals surface area contributed by atoms with Crippen LogP contribution in [0.1, 0.15) is 29.8 Å². The fourth-order valence-electron chi connectivity index (χ4n) is 1.84. The minimum atomic E-state index is -2.69. The molecular weight excluding hydrogens is 252 g/mol. The third-order valence-corrected chi connectivity index (χ3v) is 2.87. The van der Waals surface area contributed by atoms with Gasteiger partial charge >= 0.3 is 5.97 Å². The summed E-state index contributed by atoms with van der Waals surface area (Å²) in [7, 11) is 0. The van der Waals surface area contributed by atoms with E-state index in [9.17, 15) is 13.6 Å². The van der Waals surface area contributed by atoms with Crippen LogP contribution in [-0.2, 0) is 6.42 Å². The number of hydrogen-bond donors (Lipinski definition) is 1. The van der Waals surface area contributed by atoms with Crippen LogP contribution in [0.15, 0.2) is 24.3 Å². The van der Waals surface area contributed by atoms with Crippen LogP contribution >= 0.6 is 0 Å². The summed E-state index contributed by atoms with van der Waals surface area (Å²) in [4.78, 5) is 12.4. The summed E-state index contributed by atoms with van der Waals surface area (Å²) in [5.74, 6) is -3.66. The van der Waals surface area contributed by atoms with Gasteiger partial charge in [0, 0.05) is 13.5 Å². The van der Waals surface area contributed by atoms with E-state index in [0.717, 1.165) is 12.5 Å². The summed E-state index contributed by atoms with van der Waals surface area (Å²) in [6.45, 7) is 3.61. The van der Waals surface area contributed by atoms with Crippen molar-refractivity contribution in [1.29, 1.82) is 0 Å². The highest BCUT2D eigenvalue weighted by molar-refractivity contribution is 5.87. The minimum absolute atomic E-state index is 0.233. The summed E-state index contributed by atoms with van der Waals surface area (Å²) in [5, 5.41) is 8.77. The van der Waals surface area contributed by atoms with Crippen LogP contribution in [0.4, 0.5) is 8.78 Å². The fraction of sp³-hybridized carbons (Fsp3) is 0.500. The zero-order chi connectivity index (χ0) is 14.5. The fourth-order valence-corrected chi connectivity index (χ4v) is 1.84. The maximum atomic E-state index is 12.9. The van der Waals surface area contributed by atoms with Gasteiger partial charge in [-0.2, -0.15) is 0 Å². The Morgan fingerprint density at radius 1 is 1.32 bits per heavy atom. The van der Waals surface area contributed by atoms with E-state index in [2.05, 4.69) is 0 Å². The second-order valence-electron chi connectivity index (χ2n) is 4.69. The van der Waals surface area contributed by atoms with Crippen molar-refractivity contribution < 1.29 is 18.7 Å². The number of rotatable bonds is 7. The van der Waals surface area contributed by atoms with E-state index < -0.39 is 11.9 Å². The molecule has 3 nitrogen and oxygen atoms in total. The third kappa shape index (κ3) is 5.79. The predicted octanol–water partition coefficient (Wildman–Crippen LogP) is 2.90. The van der Waals surface area contributed by atoms with Gasteiger partial charge < -0.3 is 5.11 Å².